The summed E-state index contributed by atoms with van der Waals surface area (Å²) in [4.78, 5) is 11.7. The lowest BCUT2D eigenvalue weighted by Crippen LogP contribution is -2.28. The second-order valence-corrected chi connectivity index (χ2v) is 14.6. The number of amides is 1. The molecule has 1 rings (SSSR count). The summed E-state index contributed by atoms with van der Waals surface area (Å²) in [5.41, 5.74) is 0.938. The quantitative estimate of drug-likeness (QED) is 0.0657. The van der Waals surface area contributed by atoms with Crippen LogP contribution in [0.1, 0.15) is 96.0 Å². The average molecular weight is 890 g/mol. The summed E-state index contributed by atoms with van der Waals surface area (Å²) in [5, 5.41) is 2.65. The molecular weight excluding hydrogens is 803 g/mol. The van der Waals surface area contributed by atoms with Crippen LogP contribution < -0.4 is 5.32 Å². The van der Waals surface area contributed by atoms with Crippen LogP contribution >= 0.6 is 0 Å². The molecule has 0 saturated carbocycles. The Morgan fingerprint density at radius 3 is 0.952 bits per heavy atom. The number of unbranched alkanes of at least 4 members (excludes halogenated alkanes) is 12. The van der Waals surface area contributed by atoms with E-state index in [1.165, 1.54) is 77.0 Å². The first-order valence-corrected chi connectivity index (χ1v) is 23.7. The number of carbonyl (C=O) groups excluding carboxylic acids is 1. The lowest BCUT2D eigenvalue weighted by Gasteiger charge is -2.09. The predicted octanol–water partition coefficient (Wildman–Crippen LogP) is 7.20. The third kappa shape index (κ3) is 47.5. The number of ether oxygens (including phenoxy) is 13. The van der Waals surface area contributed by atoms with Crippen molar-refractivity contribution in [3.8, 4) is 0 Å². The number of hydrogen-bond acceptors (Lipinski definition) is 14. The van der Waals surface area contributed by atoms with Crippen molar-refractivity contribution >= 4 is 6.09 Å². The number of nitrogens with one attached hydrogen (secondary N) is 1. The largest absolute Gasteiger partial charge is 0.445 e. The lowest BCUT2D eigenvalue weighted by molar-refractivity contribution is -0.0283. The van der Waals surface area contributed by atoms with Crippen molar-refractivity contribution in [3.05, 3.63) is 35.9 Å². The van der Waals surface area contributed by atoms with E-state index in [0.29, 0.717) is 159 Å². The Labute approximate surface area is 375 Å². The SMILES string of the molecule is CCCCCCCCCCCCCCCOCCOCCOCCOCCOCCOCCOCCOCCOCCOCCOCCOCCNC(=O)OCc1ccccc1. The first-order chi connectivity index (χ1) is 30.8. The maximum atomic E-state index is 11.7. The van der Waals surface area contributed by atoms with Gasteiger partial charge in [0.25, 0.3) is 0 Å². The van der Waals surface area contributed by atoms with E-state index in [0.717, 1.165) is 18.6 Å². The van der Waals surface area contributed by atoms with Crippen LogP contribution in [0.2, 0.25) is 0 Å². The average Bonchev–Trinajstić information content (AvgIpc) is 3.29. The topological polar surface area (TPSA) is 149 Å². The van der Waals surface area contributed by atoms with Crippen LogP contribution in [0.5, 0.6) is 0 Å². The van der Waals surface area contributed by atoms with E-state index in [2.05, 4.69) is 12.2 Å². The second-order valence-electron chi connectivity index (χ2n) is 14.6. The molecule has 0 atom stereocenters. The van der Waals surface area contributed by atoms with E-state index in [-0.39, 0.29) is 6.61 Å². The Hall–Kier alpha value is -1.99. The van der Waals surface area contributed by atoms with Crippen molar-refractivity contribution in [2.75, 3.05) is 165 Å². The van der Waals surface area contributed by atoms with Crippen molar-refractivity contribution in [2.45, 2.75) is 97.0 Å². The van der Waals surface area contributed by atoms with Crippen molar-refractivity contribution in [1.29, 1.82) is 0 Å². The van der Waals surface area contributed by atoms with Crippen molar-refractivity contribution in [2.24, 2.45) is 0 Å². The number of rotatable bonds is 52. The monoisotopic (exact) mass is 890 g/mol. The van der Waals surface area contributed by atoms with Gasteiger partial charge < -0.3 is 66.9 Å². The molecule has 62 heavy (non-hydrogen) atoms. The molecule has 1 aromatic rings. The summed E-state index contributed by atoms with van der Waals surface area (Å²) in [7, 11) is 0. The Bertz CT molecular complexity index is 999. The predicted molar refractivity (Wildman–Crippen MR) is 240 cm³/mol. The molecule has 0 radical (unpaired) electrons. The van der Waals surface area contributed by atoms with Gasteiger partial charge in [0.15, 0.2) is 0 Å². The molecule has 1 aromatic carbocycles. The molecule has 1 N–H and O–H groups in total. The molecule has 1 amide bonds. The molecular formula is C47H87NO14. The smallest absolute Gasteiger partial charge is 0.407 e. The standard InChI is InChI=1S/C47H87NO14/c1-2-3-4-5-6-7-8-9-10-11-12-13-17-21-50-23-25-52-27-29-54-31-33-56-35-37-58-39-41-60-43-44-61-42-40-59-38-36-57-34-32-55-30-28-53-26-24-51-22-20-48-47(49)62-45-46-18-15-14-16-19-46/h14-16,18-19H,2-13,17,20-45H2,1H3,(H,48,49). The summed E-state index contributed by atoms with van der Waals surface area (Å²) >= 11 is 0. The summed E-state index contributed by atoms with van der Waals surface area (Å²) in [6.45, 7) is 15.3. The van der Waals surface area contributed by atoms with Gasteiger partial charge in [0.2, 0.25) is 0 Å². The molecule has 364 valence electrons. The number of hydrogen-bond donors (Lipinski definition) is 1. The molecule has 0 bridgehead atoms. The molecule has 0 fully saturated rings. The molecule has 0 aliphatic rings. The molecule has 0 saturated heterocycles. The summed E-state index contributed by atoms with van der Waals surface area (Å²) in [6, 6.07) is 9.52. The van der Waals surface area contributed by atoms with E-state index < -0.39 is 6.09 Å². The normalized spacial score (nSPS) is 11.4. The maximum absolute atomic E-state index is 11.7. The number of carbonyl (C=O) groups is 1. The van der Waals surface area contributed by atoms with Crippen molar-refractivity contribution in [1.82, 2.24) is 5.32 Å². The zero-order valence-electron chi connectivity index (χ0n) is 38.7. The minimum atomic E-state index is -0.468. The van der Waals surface area contributed by atoms with Gasteiger partial charge in [-0.05, 0) is 12.0 Å². The molecule has 0 aliphatic carbocycles. The van der Waals surface area contributed by atoms with Crippen LogP contribution in [0.15, 0.2) is 30.3 Å². The Morgan fingerprint density at radius 1 is 0.355 bits per heavy atom. The van der Waals surface area contributed by atoms with Crippen molar-refractivity contribution < 1.29 is 66.4 Å². The first kappa shape index (κ1) is 58.0. The fourth-order valence-corrected chi connectivity index (χ4v) is 5.74. The molecule has 0 spiro atoms. The highest BCUT2D eigenvalue weighted by atomic mass is 16.6. The van der Waals surface area contributed by atoms with Gasteiger partial charge in [-0.25, -0.2) is 4.79 Å². The Kier molecular flexibility index (Phi) is 48.3. The summed E-state index contributed by atoms with van der Waals surface area (Å²) in [6.07, 6.45) is 17.3. The van der Waals surface area contributed by atoms with Crippen LogP contribution in [0, 0.1) is 0 Å². The summed E-state index contributed by atoms with van der Waals surface area (Å²) in [5.74, 6) is 0. The molecule has 0 aromatic heterocycles. The van der Waals surface area contributed by atoms with E-state index in [9.17, 15) is 4.79 Å². The van der Waals surface area contributed by atoms with Gasteiger partial charge in [0.05, 0.1) is 152 Å². The molecule has 15 heteroatoms. The summed E-state index contributed by atoms with van der Waals surface area (Å²) < 4.78 is 71.4. The van der Waals surface area contributed by atoms with Gasteiger partial charge in [-0.2, -0.15) is 0 Å². The maximum Gasteiger partial charge on any atom is 0.407 e. The highest BCUT2D eigenvalue weighted by Gasteiger charge is 2.02. The zero-order chi connectivity index (χ0) is 44.2. The fraction of sp³-hybridized carbons (Fsp3) is 0.851. The first-order valence-electron chi connectivity index (χ1n) is 23.7. The molecule has 0 unspecified atom stereocenters. The van der Waals surface area contributed by atoms with Gasteiger partial charge >= 0.3 is 6.09 Å². The highest BCUT2D eigenvalue weighted by Crippen LogP contribution is 2.12. The fourth-order valence-electron chi connectivity index (χ4n) is 5.74. The Morgan fingerprint density at radius 2 is 0.629 bits per heavy atom. The van der Waals surface area contributed by atoms with Gasteiger partial charge in [-0.3, -0.25) is 0 Å². The van der Waals surface area contributed by atoms with Crippen LogP contribution in [0.3, 0.4) is 0 Å². The number of benzene rings is 1. The number of alkyl carbamates (subject to hydrolysis) is 1. The Balaban J connectivity index is 1.61. The molecule has 0 aliphatic heterocycles. The minimum absolute atomic E-state index is 0.237. The van der Waals surface area contributed by atoms with Crippen LogP contribution in [-0.4, -0.2) is 171 Å². The van der Waals surface area contributed by atoms with Gasteiger partial charge in [-0.1, -0.05) is 114 Å². The highest BCUT2D eigenvalue weighted by molar-refractivity contribution is 5.67. The van der Waals surface area contributed by atoms with E-state index in [4.69, 9.17) is 61.6 Å². The van der Waals surface area contributed by atoms with Crippen molar-refractivity contribution in [3.63, 3.8) is 0 Å². The van der Waals surface area contributed by atoms with Gasteiger partial charge in [0, 0.05) is 13.2 Å². The van der Waals surface area contributed by atoms with Crippen LogP contribution in [0.25, 0.3) is 0 Å². The second kappa shape index (κ2) is 51.6. The van der Waals surface area contributed by atoms with E-state index in [1.807, 2.05) is 30.3 Å². The van der Waals surface area contributed by atoms with Crippen LogP contribution in [-0.2, 0) is 68.2 Å². The minimum Gasteiger partial charge on any atom is -0.445 e. The molecule has 15 nitrogen and oxygen atoms in total. The van der Waals surface area contributed by atoms with E-state index in [1.54, 1.807) is 0 Å². The van der Waals surface area contributed by atoms with Gasteiger partial charge in [0.1, 0.15) is 6.61 Å². The zero-order valence-corrected chi connectivity index (χ0v) is 38.7. The van der Waals surface area contributed by atoms with E-state index >= 15 is 0 Å². The third-order valence-corrected chi connectivity index (χ3v) is 9.21. The lowest BCUT2D eigenvalue weighted by atomic mass is 10.0. The van der Waals surface area contributed by atoms with Crippen LogP contribution in [0.4, 0.5) is 4.79 Å². The third-order valence-electron chi connectivity index (χ3n) is 9.21. The molecule has 0 heterocycles. The van der Waals surface area contributed by atoms with Gasteiger partial charge in [-0.15, -0.1) is 0 Å².